The van der Waals surface area contributed by atoms with Gasteiger partial charge in [0.05, 0.1) is 5.69 Å². The summed E-state index contributed by atoms with van der Waals surface area (Å²) in [5.74, 6) is 1.44. The fourth-order valence-electron chi connectivity index (χ4n) is 1.94. The Hall–Kier alpha value is -2.60. The molecule has 0 aliphatic rings. The van der Waals surface area contributed by atoms with E-state index < -0.39 is 0 Å². The highest BCUT2D eigenvalue weighted by Crippen LogP contribution is 2.27. The molecular weight excluding hydrogens is 254 g/mol. The van der Waals surface area contributed by atoms with Gasteiger partial charge in [-0.2, -0.15) is 0 Å². The van der Waals surface area contributed by atoms with Crippen molar-refractivity contribution >= 4 is 28.3 Å². The van der Waals surface area contributed by atoms with Gasteiger partial charge in [-0.3, -0.25) is 0 Å². The van der Waals surface area contributed by atoms with Gasteiger partial charge in [0.1, 0.15) is 29.8 Å². The lowest BCUT2D eigenvalue weighted by molar-refractivity contribution is 0.617. The van der Waals surface area contributed by atoms with Crippen molar-refractivity contribution in [3.8, 4) is 0 Å². The Morgan fingerprint density at radius 2 is 2.00 bits per heavy atom. The van der Waals surface area contributed by atoms with Gasteiger partial charge >= 0.3 is 0 Å². The summed E-state index contributed by atoms with van der Waals surface area (Å²) in [4.78, 5) is 8.32. The van der Waals surface area contributed by atoms with Crippen LogP contribution in [0.1, 0.15) is 0 Å². The van der Waals surface area contributed by atoms with Crippen LogP contribution in [0.5, 0.6) is 0 Å². The van der Waals surface area contributed by atoms with E-state index in [9.17, 15) is 0 Å². The van der Waals surface area contributed by atoms with E-state index in [2.05, 4.69) is 20.6 Å². The molecule has 2 aromatic heterocycles. The smallest absolute Gasteiger partial charge is 0.136 e. The zero-order chi connectivity index (χ0) is 13.8. The Morgan fingerprint density at radius 3 is 2.90 bits per heavy atom. The van der Waals surface area contributed by atoms with Crippen molar-refractivity contribution in [1.82, 2.24) is 9.97 Å². The zero-order valence-corrected chi connectivity index (χ0v) is 10.8. The number of rotatable bonds is 5. The molecule has 2 heterocycles. The van der Waals surface area contributed by atoms with Crippen LogP contribution in [0.25, 0.3) is 11.0 Å². The number of benzene rings is 1. The number of aromatic nitrogens is 2. The second-order valence-corrected chi connectivity index (χ2v) is 4.27. The van der Waals surface area contributed by atoms with E-state index in [1.807, 2.05) is 30.3 Å². The molecule has 4 N–H and O–H groups in total. The fraction of sp³-hybridized carbons (Fsp3) is 0.143. The van der Waals surface area contributed by atoms with Crippen LogP contribution in [-0.2, 0) is 0 Å². The van der Waals surface area contributed by atoms with Crippen molar-refractivity contribution in [3.63, 3.8) is 0 Å². The van der Waals surface area contributed by atoms with Crippen LogP contribution < -0.4 is 16.4 Å². The quantitative estimate of drug-likeness (QED) is 0.658. The number of nitrogens with two attached hydrogens (primary N) is 1. The van der Waals surface area contributed by atoms with Crippen molar-refractivity contribution in [2.24, 2.45) is 5.73 Å². The molecule has 0 saturated carbocycles. The van der Waals surface area contributed by atoms with Crippen molar-refractivity contribution < 1.29 is 4.42 Å². The highest BCUT2D eigenvalue weighted by Gasteiger charge is 2.06. The molecule has 0 radical (unpaired) electrons. The summed E-state index contributed by atoms with van der Waals surface area (Å²) in [6.07, 6.45) is 3.18. The molecule has 0 atom stereocenters. The first-order valence-electron chi connectivity index (χ1n) is 6.36. The maximum absolute atomic E-state index is 5.48. The molecule has 0 saturated heterocycles. The molecular formula is C14H15N5O. The molecule has 6 heteroatoms. The molecule has 0 amide bonds. The molecule has 20 heavy (non-hydrogen) atoms. The summed E-state index contributed by atoms with van der Waals surface area (Å²) in [7, 11) is 0. The molecule has 0 unspecified atom stereocenters. The SMILES string of the molecule is NCCNc1cc(Nc2coc3ccccc23)ncn1. The predicted octanol–water partition coefficient (Wildman–Crippen LogP) is 2.34. The Labute approximate surface area is 116 Å². The first-order valence-corrected chi connectivity index (χ1v) is 6.36. The first kappa shape index (κ1) is 12.4. The van der Waals surface area contributed by atoms with Crippen molar-refractivity contribution in [3.05, 3.63) is 42.9 Å². The number of anilines is 3. The molecule has 102 valence electrons. The normalized spacial score (nSPS) is 10.7. The van der Waals surface area contributed by atoms with Gasteiger partial charge in [-0.15, -0.1) is 0 Å². The van der Waals surface area contributed by atoms with E-state index in [1.165, 1.54) is 6.33 Å². The van der Waals surface area contributed by atoms with Gasteiger partial charge in [-0.1, -0.05) is 12.1 Å². The standard InChI is InChI=1S/C14H15N5O/c15-5-6-16-13-7-14(18-9-17-13)19-11-8-20-12-4-2-1-3-10(11)12/h1-4,7-9H,5-6,15H2,(H2,16,17,18,19). The number of fused-ring (bicyclic) bond motifs is 1. The highest BCUT2D eigenvalue weighted by atomic mass is 16.3. The van der Waals surface area contributed by atoms with Crippen LogP contribution in [0.3, 0.4) is 0 Å². The minimum absolute atomic E-state index is 0.555. The summed E-state index contributed by atoms with van der Waals surface area (Å²) in [5.41, 5.74) is 7.17. The minimum Gasteiger partial charge on any atom is -0.462 e. The van der Waals surface area contributed by atoms with Crippen LogP contribution >= 0.6 is 0 Å². The van der Waals surface area contributed by atoms with Gasteiger partial charge in [0.15, 0.2) is 0 Å². The van der Waals surface area contributed by atoms with Crippen molar-refractivity contribution in [2.75, 3.05) is 23.7 Å². The van der Waals surface area contributed by atoms with E-state index >= 15 is 0 Å². The topological polar surface area (TPSA) is 89.0 Å². The average Bonchev–Trinajstić information content (AvgIpc) is 2.89. The lowest BCUT2D eigenvalue weighted by Gasteiger charge is -2.06. The van der Waals surface area contributed by atoms with Crippen molar-refractivity contribution in [2.45, 2.75) is 0 Å². The van der Waals surface area contributed by atoms with E-state index in [0.717, 1.165) is 22.5 Å². The van der Waals surface area contributed by atoms with E-state index in [1.54, 1.807) is 6.26 Å². The third kappa shape index (κ3) is 2.55. The van der Waals surface area contributed by atoms with Crippen LogP contribution in [0.15, 0.2) is 47.3 Å². The Morgan fingerprint density at radius 1 is 1.15 bits per heavy atom. The first-order chi connectivity index (χ1) is 9.86. The third-order valence-corrected chi connectivity index (χ3v) is 2.86. The molecule has 0 fully saturated rings. The second kappa shape index (κ2) is 5.58. The number of hydrogen-bond acceptors (Lipinski definition) is 6. The summed E-state index contributed by atoms with van der Waals surface area (Å²) in [6.45, 7) is 1.23. The number of furan rings is 1. The van der Waals surface area contributed by atoms with Gasteiger partial charge in [0.25, 0.3) is 0 Å². The van der Waals surface area contributed by atoms with E-state index in [0.29, 0.717) is 18.9 Å². The maximum Gasteiger partial charge on any atom is 0.136 e. The van der Waals surface area contributed by atoms with Crippen LogP contribution in [0.4, 0.5) is 17.3 Å². The van der Waals surface area contributed by atoms with Gasteiger partial charge in [0, 0.05) is 24.5 Å². The zero-order valence-electron chi connectivity index (χ0n) is 10.8. The largest absolute Gasteiger partial charge is 0.462 e. The van der Waals surface area contributed by atoms with Crippen LogP contribution in [0.2, 0.25) is 0 Å². The molecule has 1 aromatic carbocycles. The van der Waals surface area contributed by atoms with E-state index in [4.69, 9.17) is 10.2 Å². The lowest BCUT2D eigenvalue weighted by atomic mass is 10.2. The van der Waals surface area contributed by atoms with Crippen LogP contribution in [-0.4, -0.2) is 23.1 Å². The predicted molar refractivity (Wildman–Crippen MR) is 79.1 cm³/mol. The Kier molecular flexibility index (Phi) is 3.47. The fourth-order valence-corrected chi connectivity index (χ4v) is 1.94. The average molecular weight is 269 g/mol. The summed E-state index contributed by atoms with van der Waals surface area (Å²) >= 11 is 0. The monoisotopic (exact) mass is 269 g/mol. The van der Waals surface area contributed by atoms with Gasteiger partial charge in [-0.05, 0) is 12.1 Å². The molecule has 0 aliphatic heterocycles. The molecule has 3 rings (SSSR count). The molecule has 3 aromatic rings. The Bertz CT molecular complexity index is 709. The van der Waals surface area contributed by atoms with Gasteiger partial charge < -0.3 is 20.8 Å². The maximum atomic E-state index is 5.48. The van der Waals surface area contributed by atoms with Gasteiger partial charge in [-0.25, -0.2) is 9.97 Å². The van der Waals surface area contributed by atoms with Crippen molar-refractivity contribution in [1.29, 1.82) is 0 Å². The highest BCUT2D eigenvalue weighted by molar-refractivity contribution is 5.92. The van der Waals surface area contributed by atoms with Crippen LogP contribution in [0, 0.1) is 0 Å². The number of nitrogens with one attached hydrogen (secondary N) is 2. The number of hydrogen-bond donors (Lipinski definition) is 3. The summed E-state index contributed by atoms with van der Waals surface area (Å²) < 4.78 is 5.48. The number of nitrogens with zero attached hydrogens (tertiary/aromatic N) is 2. The molecule has 0 aliphatic carbocycles. The molecule has 0 spiro atoms. The minimum atomic E-state index is 0.555. The van der Waals surface area contributed by atoms with E-state index in [-0.39, 0.29) is 0 Å². The summed E-state index contributed by atoms with van der Waals surface area (Å²) in [5, 5.41) is 7.36. The summed E-state index contributed by atoms with van der Waals surface area (Å²) in [6, 6.07) is 9.66. The lowest BCUT2D eigenvalue weighted by Crippen LogP contribution is -2.14. The second-order valence-electron chi connectivity index (χ2n) is 4.27. The Balaban J connectivity index is 1.83. The molecule has 0 bridgehead atoms. The molecule has 6 nitrogen and oxygen atoms in total. The third-order valence-electron chi connectivity index (χ3n) is 2.86. The number of para-hydroxylation sites is 1. The van der Waals surface area contributed by atoms with Gasteiger partial charge in [0.2, 0.25) is 0 Å².